The molecule has 10 rings (SSSR count). The second-order valence-corrected chi connectivity index (χ2v) is 15.8. The molecule has 0 aromatic heterocycles. The minimum Gasteiger partial charge on any atom is -0.481 e. The second kappa shape index (κ2) is 11.2. The van der Waals surface area contributed by atoms with Crippen molar-refractivity contribution in [1.82, 2.24) is 9.80 Å². The number of ether oxygens (including phenoxy) is 2. The largest absolute Gasteiger partial charge is 0.481 e. The summed E-state index contributed by atoms with van der Waals surface area (Å²) in [6, 6.07) is 7.66. The van der Waals surface area contributed by atoms with E-state index in [1.165, 1.54) is 12.2 Å². The van der Waals surface area contributed by atoms with Crippen LogP contribution in [0.25, 0.3) is 0 Å². The van der Waals surface area contributed by atoms with Gasteiger partial charge in [0.2, 0.25) is 0 Å². The summed E-state index contributed by atoms with van der Waals surface area (Å²) >= 11 is 0. The van der Waals surface area contributed by atoms with Gasteiger partial charge < -0.3 is 29.9 Å². The molecule has 2 aromatic carbocycles. The molecule has 0 saturated carbocycles. The number of carbonyl (C=O) groups is 2. The van der Waals surface area contributed by atoms with E-state index >= 15 is 0 Å². The monoisotopic (exact) mass is 724 g/mol. The maximum atomic E-state index is 12.5. The van der Waals surface area contributed by atoms with Crippen molar-refractivity contribution in [2.45, 2.75) is 85.2 Å². The first-order valence-corrected chi connectivity index (χ1v) is 18.3. The second-order valence-electron chi connectivity index (χ2n) is 14.9. The van der Waals surface area contributed by atoms with Crippen LogP contribution in [0.1, 0.15) is 46.2 Å². The molecule has 51 heavy (non-hydrogen) atoms. The van der Waals surface area contributed by atoms with Crippen molar-refractivity contribution < 1.29 is 57.0 Å². The van der Waals surface area contributed by atoms with Crippen LogP contribution in [0.15, 0.2) is 48.6 Å². The average molecular weight is 725 g/mol. The highest BCUT2D eigenvalue weighted by atomic mass is 32.3. The molecule has 4 aliphatic heterocycles. The molecule has 2 saturated heterocycles. The molecule has 4 aliphatic carbocycles. The van der Waals surface area contributed by atoms with Gasteiger partial charge in [-0.1, -0.05) is 24.3 Å². The van der Waals surface area contributed by atoms with E-state index in [4.69, 9.17) is 27.0 Å². The van der Waals surface area contributed by atoms with Gasteiger partial charge in [-0.25, -0.2) is 0 Å². The Morgan fingerprint density at radius 1 is 0.725 bits per heavy atom. The number of likely N-dealkylation sites (N-methyl/N-ethyl adjacent to an activating group) is 2. The van der Waals surface area contributed by atoms with Gasteiger partial charge in [-0.3, -0.25) is 28.5 Å². The number of carbonyl (C=O) groups excluding carboxylic acids is 2. The van der Waals surface area contributed by atoms with E-state index in [1.54, 1.807) is 12.2 Å². The fraction of sp³-hybridized carbons (Fsp3) is 0.500. The van der Waals surface area contributed by atoms with E-state index < -0.39 is 44.6 Å². The predicted octanol–water partition coefficient (Wildman–Crippen LogP) is -0.0370. The van der Waals surface area contributed by atoms with E-state index in [9.17, 15) is 30.0 Å². The first kappa shape index (κ1) is 34.6. The predicted molar refractivity (Wildman–Crippen MR) is 179 cm³/mol. The van der Waals surface area contributed by atoms with Crippen molar-refractivity contribution >= 4 is 22.0 Å². The van der Waals surface area contributed by atoms with Gasteiger partial charge in [0.15, 0.2) is 23.8 Å². The van der Waals surface area contributed by atoms with E-state index in [1.807, 2.05) is 38.4 Å². The molecular weight excluding hydrogens is 684 g/mol. The van der Waals surface area contributed by atoms with Crippen LogP contribution < -0.4 is 9.47 Å². The number of rotatable bonds is 2. The summed E-state index contributed by atoms with van der Waals surface area (Å²) in [5.41, 5.74) is 1.91. The van der Waals surface area contributed by atoms with Gasteiger partial charge in [0, 0.05) is 34.3 Å². The summed E-state index contributed by atoms with van der Waals surface area (Å²) in [4.78, 5) is 29.5. The molecular formula is C36H40N2O12S. The molecule has 6 N–H and O–H groups in total. The van der Waals surface area contributed by atoms with Crippen LogP contribution in [-0.4, -0.2) is 122 Å². The van der Waals surface area contributed by atoms with Crippen LogP contribution in [-0.2, 0) is 56.9 Å². The number of hydrogen-bond acceptors (Lipinski definition) is 12. The minimum absolute atomic E-state index is 0.0647. The Bertz CT molecular complexity index is 1910. The van der Waals surface area contributed by atoms with E-state index in [0.717, 1.165) is 48.2 Å². The Morgan fingerprint density at radius 2 is 1.10 bits per heavy atom. The number of likely N-dealkylation sites (tertiary alicyclic amines) is 2. The molecule has 4 bridgehead atoms. The molecule has 15 heteroatoms. The third-order valence-electron chi connectivity index (χ3n) is 12.8. The molecule has 0 amide bonds. The molecule has 0 unspecified atom stereocenters. The molecule has 2 aromatic rings. The maximum Gasteiger partial charge on any atom is 0.394 e. The van der Waals surface area contributed by atoms with Crippen molar-refractivity contribution in [2.24, 2.45) is 0 Å². The lowest BCUT2D eigenvalue weighted by atomic mass is 9.51. The topological polar surface area (TPSA) is 215 Å². The summed E-state index contributed by atoms with van der Waals surface area (Å²) in [5.74, 6) is 1.05. The molecule has 0 radical (unpaired) electrons. The lowest BCUT2D eigenvalue weighted by Gasteiger charge is -2.60. The first-order chi connectivity index (χ1) is 24.1. The summed E-state index contributed by atoms with van der Waals surface area (Å²) in [6.45, 7) is 1.37. The van der Waals surface area contributed by atoms with Gasteiger partial charge in [0.25, 0.3) is 0 Å². The van der Waals surface area contributed by atoms with Crippen molar-refractivity contribution in [3.05, 3.63) is 82.0 Å². The van der Waals surface area contributed by atoms with Crippen molar-refractivity contribution in [3.63, 3.8) is 0 Å². The summed E-state index contributed by atoms with van der Waals surface area (Å²) in [5, 5.41) is 42.6. The van der Waals surface area contributed by atoms with Crippen LogP contribution in [0.4, 0.5) is 0 Å². The van der Waals surface area contributed by atoms with Crippen LogP contribution >= 0.6 is 0 Å². The summed E-state index contributed by atoms with van der Waals surface area (Å²) in [7, 11) is -0.614. The number of nitrogens with zero attached hydrogens (tertiary/aromatic N) is 2. The van der Waals surface area contributed by atoms with Gasteiger partial charge >= 0.3 is 10.4 Å². The molecule has 2 fully saturated rings. The highest BCUT2D eigenvalue weighted by Gasteiger charge is 2.73. The van der Waals surface area contributed by atoms with Crippen molar-refractivity contribution in [2.75, 3.05) is 27.2 Å². The zero-order valence-electron chi connectivity index (χ0n) is 28.0. The Labute approximate surface area is 294 Å². The average Bonchev–Trinajstić information content (AvgIpc) is 3.62. The lowest BCUT2D eigenvalue weighted by Crippen LogP contribution is -2.74. The van der Waals surface area contributed by atoms with E-state index in [-0.39, 0.29) is 36.9 Å². The van der Waals surface area contributed by atoms with E-state index in [0.29, 0.717) is 35.5 Å². The third-order valence-corrected chi connectivity index (χ3v) is 12.8. The lowest BCUT2D eigenvalue weighted by molar-refractivity contribution is -0.151. The maximum absolute atomic E-state index is 12.5. The number of ketones is 2. The van der Waals surface area contributed by atoms with Gasteiger partial charge in [-0.2, -0.15) is 8.42 Å². The number of benzene rings is 2. The third kappa shape index (κ3) is 4.41. The first-order valence-electron chi connectivity index (χ1n) is 16.9. The van der Waals surface area contributed by atoms with Crippen LogP contribution in [0.3, 0.4) is 0 Å². The fourth-order valence-electron chi connectivity index (χ4n) is 10.6. The molecule has 272 valence electrons. The van der Waals surface area contributed by atoms with Gasteiger partial charge in [0.05, 0.1) is 24.0 Å². The van der Waals surface area contributed by atoms with Crippen molar-refractivity contribution in [3.8, 4) is 11.5 Å². The zero-order chi connectivity index (χ0) is 36.5. The highest BCUT2D eigenvalue weighted by Crippen LogP contribution is 2.64. The standard InChI is InChI=1S/2C18H19NO4.H2O4S/c2*1-19-7-6-17-14-10-2-3-11(9-20)15(14)23-16(17)12(21)4-5-18(17,22)13(19)8-10;1-5(2,3)4/h2*2-5,13,16,20,22H,6-9H2,1H3;(H2,1,2,3,4)/t2*13-,16+,17+,18-;/m11./s1. The molecule has 2 spiro atoms. The number of hydrogen-bond donors (Lipinski definition) is 6. The number of piperidine rings is 2. The van der Waals surface area contributed by atoms with E-state index in [2.05, 4.69) is 9.80 Å². The minimum atomic E-state index is -4.67. The molecule has 8 aliphatic rings. The molecule has 14 nitrogen and oxygen atoms in total. The van der Waals surface area contributed by atoms with Crippen molar-refractivity contribution in [1.29, 1.82) is 0 Å². The zero-order valence-corrected chi connectivity index (χ0v) is 28.8. The fourth-order valence-corrected chi connectivity index (χ4v) is 10.6. The highest BCUT2D eigenvalue weighted by molar-refractivity contribution is 7.79. The quantitative estimate of drug-likeness (QED) is 0.225. The smallest absolute Gasteiger partial charge is 0.394 e. The Balaban J connectivity index is 0.000000130. The van der Waals surface area contributed by atoms with Gasteiger partial charge in [-0.15, -0.1) is 0 Å². The Kier molecular flexibility index (Phi) is 7.62. The van der Waals surface area contributed by atoms with Crippen LogP contribution in [0.5, 0.6) is 11.5 Å². The number of aliphatic hydroxyl groups is 4. The van der Waals surface area contributed by atoms with Crippen LogP contribution in [0, 0.1) is 0 Å². The molecule has 4 heterocycles. The number of aliphatic hydroxyl groups excluding tert-OH is 2. The Hall–Kier alpha value is -3.51. The van der Waals surface area contributed by atoms with Gasteiger partial charge in [-0.05, 0) is 88.3 Å². The molecule has 8 atom stereocenters. The van der Waals surface area contributed by atoms with Crippen LogP contribution in [0.2, 0.25) is 0 Å². The summed E-state index contributed by atoms with van der Waals surface area (Å²) < 4.78 is 43.7. The van der Waals surface area contributed by atoms with Gasteiger partial charge in [0.1, 0.15) is 22.7 Å². The Morgan fingerprint density at radius 3 is 1.45 bits per heavy atom. The SMILES string of the molecule is CN1CC[C@]23c4c5ccc(CO)c4O[C@H]2C(=O)C=C[C@@]3(O)[C@H]1C5.CN1CC[C@]23c4c5ccc(CO)c4O[C@H]2C(=O)C=C[C@@]3(O)[C@H]1C5.O=S(=O)(O)O. The summed E-state index contributed by atoms with van der Waals surface area (Å²) in [6.07, 6.45) is 7.76. The normalized spacial score (nSPS) is 37.3.